The molecule has 0 aliphatic carbocycles. The highest BCUT2D eigenvalue weighted by molar-refractivity contribution is 6.30. The van der Waals surface area contributed by atoms with Crippen LogP contribution in [0.25, 0.3) is 11.0 Å². The number of hydroxylamine groups is 1. The average Bonchev–Trinajstić information content (AvgIpc) is 2.95. The molecule has 0 atom stereocenters. The molecule has 3 rings (SSSR count). The Morgan fingerprint density at radius 1 is 1.19 bits per heavy atom. The van der Waals surface area contributed by atoms with E-state index in [1.807, 2.05) is 48.5 Å². The van der Waals surface area contributed by atoms with E-state index in [1.165, 1.54) is 0 Å². The van der Waals surface area contributed by atoms with Crippen molar-refractivity contribution < 1.29 is 9.62 Å². The van der Waals surface area contributed by atoms with Crippen molar-refractivity contribution in [3.8, 4) is 0 Å². The van der Waals surface area contributed by atoms with Crippen LogP contribution in [0.5, 0.6) is 0 Å². The van der Waals surface area contributed by atoms with Crippen molar-refractivity contribution in [1.82, 2.24) is 5.48 Å². The Balaban J connectivity index is 1.88. The molecule has 0 aliphatic rings. The summed E-state index contributed by atoms with van der Waals surface area (Å²) in [6.07, 6.45) is 1.63. The van der Waals surface area contributed by atoms with Gasteiger partial charge < -0.3 is 4.42 Å². The summed E-state index contributed by atoms with van der Waals surface area (Å²) >= 11 is 5.94. The van der Waals surface area contributed by atoms with Gasteiger partial charge in [0.2, 0.25) is 0 Å². The molecule has 2 aromatic carbocycles. The highest BCUT2D eigenvalue weighted by atomic mass is 35.5. The number of nitrogens with zero attached hydrogens (tertiary/aromatic N) is 1. The fourth-order valence-electron chi connectivity index (χ4n) is 2.11. The Morgan fingerprint density at radius 3 is 2.90 bits per heavy atom. The molecule has 0 saturated carbocycles. The quantitative estimate of drug-likeness (QED) is 0.436. The van der Waals surface area contributed by atoms with E-state index in [1.54, 1.807) is 6.26 Å². The first-order valence-electron chi connectivity index (χ1n) is 6.43. The summed E-state index contributed by atoms with van der Waals surface area (Å²) in [5.41, 5.74) is 4.70. The van der Waals surface area contributed by atoms with Gasteiger partial charge in [-0.05, 0) is 42.0 Å². The first-order chi connectivity index (χ1) is 10.3. The number of amidine groups is 1. The van der Waals surface area contributed by atoms with Crippen LogP contribution < -0.4 is 5.48 Å². The summed E-state index contributed by atoms with van der Waals surface area (Å²) in [6.45, 7) is 0.423. The minimum absolute atomic E-state index is 0.401. The maximum absolute atomic E-state index is 9.30. The number of furan rings is 1. The predicted octanol–water partition coefficient (Wildman–Crippen LogP) is 4.01. The Morgan fingerprint density at radius 2 is 2.10 bits per heavy atom. The maximum Gasteiger partial charge on any atom is 0.152 e. The Kier molecular flexibility index (Phi) is 3.90. The van der Waals surface area contributed by atoms with E-state index in [9.17, 15) is 5.21 Å². The van der Waals surface area contributed by atoms with Crippen molar-refractivity contribution in [3.05, 3.63) is 70.9 Å². The van der Waals surface area contributed by atoms with Gasteiger partial charge in [0.25, 0.3) is 0 Å². The van der Waals surface area contributed by atoms with Crippen LogP contribution in [0.2, 0.25) is 5.02 Å². The van der Waals surface area contributed by atoms with Gasteiger partial charge in [0.1, 0.15) is 5.58 Å². The van der Waals surface area contributed by atoms with Crippen LogP contribution in [0.4, 0.5) is 0 Å². The third-order valence-electron chi connectivity index (χ3n) is 3.14. The van der Waals surface area contributed by atoms with E-state index in [2.05, 4.69) is 10.5 Å². The summed E-state index contributed by atoms with van der Waals surface area (Å²) < 4.78 is 5.29. The monoisotopic (exact) mass is 300 g/mol. The third kappa shape index (κ3) is 3.07. The van der Waals surface area contributed by atoms with Crippen LogP contribution in [0.15, 0.2) is 64.2 Å². The number of nitrogens with one attached hydrogen (secondary N) is 1. The number of rotatable bonds is 3. The lowest BCUT2D eigenvalue weighted by Gasteiger charge is -2.05. The van der Waals surface area contributed by atoms with Gasteiger partial charge in [0, 0.05) is 16.0 Å². The lowest BCUT2D eigenvalue weighted by molar-refractivity contribution is 0.234. The predicted molar refractivity (Wildman–Crippen MR) is 82.8 cm³/mol. The summed E-state index contributed by atoms with van der Waals surface area (Å²) in [5.74, 6) is 0.401. The molecular formula is C16H13ClN2O2. The number of aliphatic imine (C=N–C) groups is 1. The Bertz CT molecular complexity index is 796. The summed E-state index contributed by atoms with van der Waals surface area (Å²) in [5, 5.41) is 10.9. The van der Waals surface area contributed by atoms with Crippen LogP contribution in [-0.2, 0) is 6.54 Å². The Labute approximate surface area is 126 Å². The first kappa shape index (κ1) is 13.7. The van der Waals surface area contributed by atoms with Gasteiger partial charge in [0.05, 0.1) is 12.8 Å². The van der Waals surface area contributed by atoms with Gasteiger partial charge in [-0.2, -0.15) is 0 Å². The number of halogens is 1. The molecule has 4 nitrogen and oxygen atoms in total. The molecular weight excluding hydrogens is 288 g/mol. The summed E-state index contributed by atoms with van der Waals surface area (Å²) in [7, 11) is 0. The molecule has 0 aliphatic heterocycles. The lowest BCUT2D eigenvalue weighted by atomic mass is 10.1. The molecule has 0 amide bonds. The van der Waals surface area contributed by atoms with Crippen molar-refractivity contribution in [3.63, 3.8) is 0 Å². The van der Waals surface area contributed by atoms with Crippen LogP contribution in [0.3, 0.4) is 0 Å². The SMILES string of the molecule is ONC(=NCc1cccc(Cl)c1)c1ccc2occc2c1. The average molecular weight is 301 g/mol. The van der Waals surface area contributed by atoms with Crippen molar-refractivity contribution in [2.45, 2.75) is 6.54 Å². The van der Waals surface area contributed by atoms with E-state index in [-0.39, 0.29) is 0 Å². The van der Waals surface area contributed by atoms with Gasteiger partial charge in [-0.1, -0.05) is 23.7 Å². The Hall–Kier alpha value is -2.30. The van der Waals surface area contributed by atoms with E-state index < -0.39 is 0 Å². The highest BCUT2D eigenvalue weighted by Gasteiger charge is 2.05. The largest absolute Gasteiger partial charge is 0.464 e. The molecule has 5 heteroatoms. The second-order valence-corrected chi connectivity index (χ2v) is 5.02. The van der Waals surface area contributed by atoms with Crippen molar-refractivity contribution in [2.24, 2.45) is 4.99 Å². The van der Waals surface area contributed by atoms with Gasteiger partial charge in [0.15, 0.2) is 5.84 Å². The molecule has 1 aromatic heterocycles. The molecule has 21 heavy (non-hydrogen) atoms. The molecule has 0 bridgehead atoms. The molecule has 0 unspecified atom stereocenters. The maximum atomic E-state index is 9.30. The number of fused-ring (bicyclic) bond motifs is 1. The molecule has 2 N–H and O–H groups in total. The zero-order chi connectivity index (χ0) is 14.7. The lowest BCUT2D eigenvalue weighted by Crippen LogP contribution is -2.20. The number of hydrogen-bond acceptors (Lipinski definition) is 3. The molecule has 0 saturated heterocycles. The summed E-state index contributed by atoms with van der Waals surface area (Å²) in [6, 6.07) is 14.9. The van der Waals surface area contributed by atoms with Gasteiger partial charge in [-0.3, -0.25) is 15.7 Å². The van der Waals surface area contributed by atoms with Gasteiger partial charge >= 0.3 is 0 Å². The van der Waals surface area contributed by atoms with E-state index in [4.69, 9.17) is 16.0 Å². The van der Waals surface area contributed by atoms with Crippen molar-refractivity contribution >= 4 is 28.4 Å². The fourth-order valence-corrected chi connectivity index (χ4v) is 2.32. The highest BCUT2D eigenvalue weighted by Crippen LogP contribution is 2.17. The minimum atomic E-state index is 0.401. The second kappa shape index (κ2) is 5.99. The molecule has 0 radical (unpaired) electrons. The van der Waals surface area contributed by atoms with E-state index in [0.717, 1.165) is 22.1 Å². The van der Waals surface area contributed by atoms with Crippen molar-refractivity contribution in [2.75, 3.05) is 0 Å². The standard InChI is InChI=1S/C16H13ClN2O2/c17-14-3-1-2-11(8-14)10-18-16(19-20)13-4-5-15-12(9-13)6-7-21-15/h1-9,20H,10H2,(H,18,19). The number of hydrogen-bond donors (Lipinski definition) is 2. The van der Waals surface area contributed by atoms with Crippen LogP contribution in [0.1, 0.15) is 11.1 Å². The zero-order valence-corrected chi connectivity index (χ0v) is 11.8. The third-order valence-corrected chi connectivity index (χ3v) is 3.38. The fraction of sp³-hybridized carbons (Fsp3) is 0.0625. The van der Waals surface area contributed by atoms with Crippen LogP contribution >= 0.6 is 11.6 Å². The topological polar surface area (TPSA) is 57.8 Å². The van der Waals surface area contributed by atoms with E-state index in [0.29, 0.717) is 17.4 Å². The first-order valence-corrected chi connectivity index (χ1v) is 6.81. The van der Waals surface area contributed by atoms with Crippen LogP contribution in [-0.4, -0.2) is 11.0 Å². The molecule has 1 heterocycles. The van der Waals surface area contributed by atoms with Crippen molar-refractivity contribution in [1.29, 1.82) is 0 Å². The van der Waals surface area contributed by atoms with E-state index >= 15 is 0 Å². The van der Waals surface area contributed by atoms with Crippen LogP contribution in [0, 0.1) is 0 Å². The summed E-state index contributed by atoms with van der Waals surface area (Å²) in [4.78, 5) is 4.38. The molecule has 0 spiro atoms. The smallest absolute Gasteiger partial charge is 0.152 e. The molecule has 106 valence electrons. The van der Waals surface area contributed by atoms with Gasteiger partial charge in [-0.15, -0.1) is 0 Å². The number of benzene rings is 2. The molecule has 0 fully saturated rings. The minimum Gasteiger partial charge on any atom is -0.464 e. The molecule has 3 aromatic rings. The van der Waals surface area contributed by atoms with Gasteiger partial charge in [-0.25, -0.2) is 0 Å². The normalized spacial score (nSPS) is 11.8. The zero-order valence-electron chi connectivity index (χ0n) is 11.1. The second-order valence-electron chi connectivity index (χ2n) is 4.58.